The van der Waals surface area contributed by atoms with E-state index < -0.39 is 0 Å². The molecule has 4 heterocycles. The number of rotatable bonds is 5. The zero-order chi connectivity index (χ0) is 26.3. The van der Waals surface area contributed by atoms with Gasteiger partial charge < -0.3 is 10.5 Å². The van der Waals surface area contributed by atoms with E-state index >= 15 is 0 Å². The minimum atomic E-state index is -0.0852. The van der Waals surface area contributed by atoms with Crippen molar-refractivity contribution in [3.63, 3.8) is 0 Å². The molecule has 0 radical (unpaired) electrons. The van der Waals surface area contributed by atoms with Crippen LogP contribution in [0.2, 0.25) is 0 Å². The zero-order valence-corrected chi connectivity index (χ0v) is 22.3. The molecule has 0 bridgehead atoms. The van der Waals surface area contributed by atoms with Crippen molar-refractivity contribution in [2.45, 2.75) is 37.8 Å². The van der Waals surface area contributed by atoms with Crippen molar-refractivity contribution in [2.75, 3.05) is 32.0 Å². The number of morpholine rings is 1. The number of nitrogens with two attached hydrogens (primary N) is 1. The van der Waals surface area contributed by atoms with Crippen LogP contribution in [0.25, 0.3) is 32.5 Å². The minimum Gasteiger partial charge on any atom is -0.383 e. The second-order valence-electron chi connectivity index (χ2n) is 10.3. The lowest BCUT2D eigenvalue weighted by molar-refractivity contribution is 0.00520. The third-order valence-corrected chi connectivity index (χ3v) is 9.04. The van der Waals surface area contributed by atoms with Gasteiger partial charge in [-0.1, -0.05) is 36.4 Å². The van der Waals surface area contributed by atoms with Crippen molar-refractivity contribution in [3.8, 4) is 11.3 Å². The predicted octanol–water partition coefficient (Wildman–Crippen LogP) is 4.73. The lowest BCUT2D eigenvalue weighted by atomic mass is 9.90. The molecular formula is C29H29N7O2S. The lowest BCUT2D eigenvalue weighted by Gasteiger charge is -2.38. The van der Waals surface area contributed by atoms with Crippen LogP contribution in [-0.2, 0) is 4.74 Å². The molecule has 1 aliphatic carbocycles. The van der Waals surface area contributed by atoms with Gasteiger partial charge in [0, 0.05) is 30.3 Å². The Kier molecular flexibility index (Phi) is 6.30. The van der Waals surface area contributed by atoms with Crippen LogP contribution in [0, 0.1) is 0 Å². The van der Waals surface area contributed by atoms with Gasteiger partial charge in [0.25, 0.3) is 0 Å². The zero-order valence-electron chi connectivity index (χ0n) is 21.5. The highest BCUT2D eigenvalue weighted by Crippen LogP contribution is 2.37. The Morgan fingerprint density at radius 1 is 0.949 bits per heavy atom. The Hall–Kier alpha value is -3.73. The van der Waals surface area contributed by atoms with Gasteiger partial charge >= 0.3 is 0 Å². The number of carbonyl (C=O) groups excluding carboxylic acids is 1. The van der Waals surface area contributed by atoms with E-state index in [4.69, 9.17) is 15.6 Å². The monoisotopic (exact) mass is 539 g/mol. The van der Waals surface area contributed by atoms with Gasteiger partial charge in [-0.05, 0) is 37.8 Å². The fraction of sp³-hybridized carbons (Fsp3) is 0.345. The van der Waals surface area contributed by atoms with E-state index in [-0.39, 0.29) is 11.8 Å². The summed E-state index contributed by atoms with van der Waals surface area (Å²) < 4.78 is 8.60. The topological polar surface area (TPSA) is 112 Å². The Morgan fingerprint density at radius 3 is 2.46 bits per heavy atom. The summed E-state index contributed by atoms with van der Waals surface area (Å²) in [6.45, 7) is 3.69. The number of hydrogen-bond donors (Lipinski definition) is 1. The van der Waals surface area contributed by atoms with Gasteiger partial charge in [-0.15, -0.1) is 11.3 Å². The number of anilines is 1. The molecule has 1 saturated heterocycles. The maximum Gasteiger partial charge on any atom is 0.221 e. The van der Waals surface area contributed by atoms with Gasteiger partial charge in [0.1, 0.15) is 17.8 Å². The molecule has 1 saturated carbocycles. The number of para-hydroxylation sites is 1. The van der Waals surface area contributed by atoms with Crippen molar-refractivity contribution in [2.24, 2.45) is 0 Å². The van der Waals surface area contributed by atoms with Gasteiger partial charge in [0.2, 0.25) is 5.78 Å². The standard InChI is InChI=1S/C29H29N7O2S/c30-27-24-25(18-5-7-19(8-6-18)26(37)29-33-22-3-1-2-4-23(22)39-29)34-36(28(24)32-17-31-27)21-11-9-20(10-12-21)35-13-15-38-16-14-35/h1-8,17,20-21H,9-16H2,(H2,30,31,32)/t20-,21-. The van der Waals surface area contributed by atoms with E-state index in [0.29, 0.717) is 22.4 Å². The van der Waals surface area contributed by atoms with Gasteiger partial charge in [-0.25, -0.2) is 19.6 Å². The second kappa shape index (κ2) is 10.1. The highest BCUT2D eigenvalue weighted by atomic mass is 32.1. The van der Waals surface area contributed by atoms with Gasteiger partial charge in [0.15, 0.2) is 10.7 Å². The van der Waals surface area contributed by atoms with Gasteiger partial charge in [-0.2, -0.15) is 5.10 Å². The summed E-state index contributed by atoms with van der Waals surface area (Å²) in [7, 11) is 0. The number of ether oxygens (including phenoxy) is 1. The van der Waals surface area contributed by atoms with E-state index in [9.17, 15) is 4.79 Å². The highest BCUT2D eigenvalue weighted by Gasteiger charge is 2.30. The van der Waals surface area contributed by atoms with E-state index in [2.05, 4.69) is 24.5 Å². The Balaban J connectivity index is 1.16. The number of hydrogen-bond acceptors (Lipinski definition) is 9. The highest BCUT2D eigenvalue weighted by molar-refractivity contribution is 7.20. The molecule has 9 nitrogen and oxygen atoms in total. The first-order valence-corrected chi connectivity index (χ1v) is 14.3. The third-order valence-electron chi connectivity index (χ3n) is 8.00. The smallest absolute Gasteiger partial charge is 0.221 e. The van der Waals surface area contributed by atoms with Crippen molar-refractivity contribution in [1.82, 2.24) is 29.6 Å². The Labute approximate surface area is 229 Å². The molecular weight excluding hydrogens is 510 g/mol. The van der Waals surface area contributed by atoms with Crippen LogP contribution in [0.3, 0.4) is 0 Å². The van der Waals surface area contributed by atoms with Crippen molar-refractivity contribution in [3.05, 3.63) is 65.4 Å². The average Bonchev–Trinajstić information content (AvgIpc) is 3.61. The minimum absolute atomic E-state index is 0.0852. The van der Waals surface area contributed by atoms with Crippen LogP contribution in [0.4, 0.5) is 5.82 Å². The molecule has 2 N–H and O–H groups in total. The summed E-state index contributed by atoms with van der Waals surface area (Å²) in [4.78, 5) is 29.1. The van der Waals surface area contributed by atoms with Crippen molar-refractivity contribution >= 4 is 44.2 Å². The van der Waals surface area contributed by atoms with E-state index in [0.717, 1.165) is 84.5 Å². The van der Waals surface area contributed by atoms with Crippen LogP contribution in [0.1, 0.15) is 47.1 Å². The van der Waals surface area contributed by atoms with E-state index in [1.165, 1.54) is 17.7 Å². The molecule has 0 atom stereocenters. The Bertz CT molecular complexity index is 1610. The first kappa shape index (κ1) is 24.3. The fourth-order valence-electron chi connectivity index (χ4n) is 5.93. The van der Waals surface area contributed by atoms with Gasteiger partial charge in [-0.3, -0.25) is 9.69 Å². The molecule has 2 aromatic carbocycles. The average molecular weight is 540 g/mol. The molecule has 39 heavy (non-hydrogen) atoms. The SMILES string of the molecule is Nc1ncnc2c1c(-c1ccc(C(=O)c3nc4ccccc4s3)cc1)nn2[C@H]1CC[C@H](N2CCOCC2)CC1. The molecule has 2 aliphatic rings. The summed E-state index contributed by atoms with van der Waals surface area (Å²) in [5.74, 6) is 0.330. The summed E-state index contributed by atoms with van der Waals surface area (Å²) >= 11 is 1.41. The molecule has 198 valence electrons. The maximum atomic E-state index is 13.2. The molecule has 0 amide bonds. The second-order valence-corrected chi connectivity index (χ2v) is 11.3. The molecule has 0 unspecified atom stereocenters. The number of nitrogens with zero attached hydrogens (tertiary/aromatic N) is 6. The molecule has 7 rings (SSSR count). The molecule has 5 aromatic rings. The number of benzene rings is 2. The fourth-order valence-corrected chi connectivity index (χ4v) is 6.86. The molecule has 10 heteroatoms. The first-order valence-electron chi connectivity index (χ1n) is 13.5. The molecule has 2 fully saturated rings. The number of aromatic nitrogens is 5. The van der Waals surface area contributed by atoms with Crippen molar-refractivity contribution in [1.29, 1.82) is 0 Å². The predicted molar refractivity (Wildman–Crippen MR) is 152 cm³/mol. The molecule has 3 aromatic heterocycles. The lowest BCUT2D eigenvalue weighted by Crippen LogP contribution is -2.45. The number of thiazole rings is 1. The summed E-state index contributed by atoms with van der Waals surface area (Å²) in [5, 5.41) is 6.30. The van der Waals surface area contributed by atoms with Crippen LogP contribution >= 0.6 is 11.3 Å². The van der Waals surface area contributed by atoms with Crippen LogP contribution in [0.15, 0.2) is 54.9 Å². The largest absolute Gasteiger partial charge is 0.383 e. The Morgan fingerprint density at radius 2 is 1.69 bits per heavy atom. The van der Waals surface area contributed by atoms with Crippen LogP contribution < -0.4 is 5.73 Å². The van der Waals surface area contributed by atoms with Crippen LogP contribution in [-0.4, -0.2) is 67.8 Å². The summed E-state index contributed by atoms with van der Waals surface area (Å²) in [5.41, 5.74) is 10.2. The van der Waals surface area contributed by atoms with Crippen LogP contribution in [0.5, 0.6) is 0 Å². The first-order chi connectivity index (χ1) is 19.2. The third kappa shape index (κ3) is 4.48. The summed E-state index contributed by atoms with van der Waals surface area (Å²) in [6.07, 6.45) is 5.85. The quantitative estimate of drug-likeness (QED) is 0.319. The number of carbonyl (C=O) groups is 1. The molecule has 1 aliphatic heterocycles. The normalized spacial score (nSPS) is 20.5. The van der Waals surface area contributed by atoms with E-state index in [1.807, 2.05) is 48.5 Å². The number of fused-ring (bicyclic) bond motifs is 2. The summed E-state index contributed by atoms with van der Waals surface area (Å²) in [6, 6.07) is 16.2. The number of nitrogen functional groups attached to an aromatic ring is 1. The maximum absolute atomic E-state index is 13.2. The number of ketones is 1. The molecule has 0 spiro atoms. The van der Waals surface area contributed by atoms with Crippen molar-refractivity contribution < 1.29 is 9.53 Å². The van der Waals surface area contributed by atoms with E-state index in [1.54, 1.807) is 0 Å². The van der Waals surface area contributed by atoms with Gasteiger partial charge in [0.05, 0.1) is 34.9 Å².